The molecule has 0 unspecified atom stereocenters. The summed E-state index contributed by atoms with van der Waals surface area (Å²) in [5, 5.41) is 0. The van der Waals surface area contributed by atoms with Crippen LogP contribution in [0.25, 0.3) is 0 Å². The molecule has 0 heterocycles. The van der Waals surface area contributed by atoms with Crippen molar-refractivity contribution in [1.82, 2.24) is 0 Å². The zero-order valence-corrected chi connectivity index (χ0v) is 7.56. The molecule has 0 amide bonds. The third kappa shape index (κ3) is 1.10. The van der Waals surface area contributed by atoms with E-state index in [9.17, 15) is 13.6 Å². The number of halogens is 2. The van der Waals surface area contributed by atoms with E-state index in [0.29, 0.717) is 6.42 Å². The van der Waals surface area contributed by atoms with E-state index in [1.165, 1.54) is 7.11 Å². The quantitative estimate of drug-likeness (QED) is 0.690. The van der Waals surface area contributed by atoms with E-state index in [2.05, 4.69) is 0 Å². The van der Waals surface area contributed by atoms with E-state index in [4.69, 9.17) is 4.74 Å². The van der Waals surface area contributed by atoms with Gasteiger partial charge in [-0.1, -0.05) is 0 Å². The Morgan fingerprint density at radius 2 is 2.00 bits per heavy atom. The van der Waals surface area contributed by atoms with Crippen LogP contribution in [0.5, 0.6) is 5.75 Å². The second kappa shape index (κ2) is 3.04. The lowest BCUT2D eigenvalue weighted by molar-refractivity contribution is 0.0991. The molecule has 0 radical (unpaired) electrons. The Balaban J connectivity index is 2.74. The number of benzene rings is 1. The Bertz CT molecular complexity index is 413. The van der Waals surface area contributed by atoms with Crippen LogP contribution in [0.3, 0.4) is 0 Å². The minimum absolute atomic E-state index is 0.0741. The van der Waals surface area contributed by atoms with Gasteiger partial charge in [0.1, 0.15) is 5.82 Å². The van der Waals surface area contributed by atoms with Crippen LogP contribution in [0.1, 0.15) is 22.3 Å². The Hall–Kier alpha value is -1.45. The van der Waals surface area contributed by atoms with Crippen molar-refractivity contribution in [2.75, 3.05) is 7.11 Å². The standard InChI is InChI=1S/C10H8F2O2/c1-14-10-7(12)4-6(11)5-2-3-8(13)9(5)10/h4H,2-3H2,1H3. The number of rotatable bonds is 1. The van der Waals surface area contributed by atoms with Gasteiger partial charge in [-0.05, 0) is 6.42 Å². The van der Waals surface area contributed by atoms with E-state index in [-0.39, 0.29) is 29.1 Å². The Morgan fingerprint density at radius 3 is 2.64 bits per heavy atom. The Kier molecular flexibility index (Phi) is 1.98. The van der Waals surface area contributed by atoms with Gasteiger partial charge < -0.3 is 4.74 Å². The lowest BCUT2D eigenvalue weighted by Crippen LogP contribution is -2.01. The lowest BCUT2D eigenvalue weighted by atomic mass is 10.1. The van der Waals surface area contributed by atoms with Crippen molar-refractivity contribution < 1.29 is 18.3 Å². The molecular formula is C10H8F2O2. The highest BCUT2D eigenvalue weighted by atomic mass is 19.1. The number of carbonyl (C=O) groups excluding carboxylic acids is 1. The monoisotopic (exact) mass is 198 g/mol. The van der Waals surface area contributed by atoms with Crippen LogP contribution in [-0.2, 0) is 6.42 Å². The summed E-state index contributed by atoms with van der Waals surface area (Å²) in [5.41, 5.74) is 0.346. The zero-order valence-electron chi connectivity index (χ0n) is 7.56. The van der Waals surface area contributed by atoms with Gasteiger partial charge in [-0.25, -0.2) is 8.78 Å². The molecule has 74 valence electrons. The first kappa shape index (κ1) is 9.12. The summed E-state index contributed by atoms with van der Waals surface area (Å²) in [6.07, 6.45) is 0.558. The highest BCUT2D eigenvalue weighted by Gasteiger charge is 2.29. The van der Waals surface area contributed by atoms with Gasteiger partial charge >= 0.3 is 0 Å². The van der Waals surface area contributed by atoms with Gasteiger partial charge in [-0.3, -0.25) is 4.79 Å². The average Bonchev–Trinajstić information content (AvgIpc) is 2.50. The van der Waals surface area contributed by atoms with E-state index in [0.717, 1.165) is 6.07 Å². The van der Waals surface area contributed by atoms with Crippen molar-refractivity contribution in [2.45, 2.75) is 12.8 Å². The summed E-state index contributed by atoms with van der Waals surface area (Å²) in [4.78, 5) is 11.3. The summed E-state index contributed by atoms with van der Waals surface area (Å²) >= 11 is 0. The number of hydrogen-bond donors (Lipinski definition) is 0. The van der Waals surface area contributed by atoms with Crippen LogP contribution in [0.15, 0.2) is 6.07 Å². The molecule has 1 aliphatic carbocycles. The number of carbonyl (C=O) groups is 1. The van der Waals surface area contributed by atoms with Crippen LogP contribution in [0.4, 0.5) is 8.78 Å². The smallest absolute Gasteiger partial charge is 0.168 e. The van der Waals surface area contributed by atoms with Crippen molar-refractivity contribution in [2.24, 2.45) is 0 Å². The van der Waals surface area contributed by atoms with E-state index >= 15 is 0 Å². The normalized spacial score (nSPS) is 14.4. The maximum atomic E-state index is 13.2. The van der Waals surface area contributed by atoms with Crippen LogP contribution >= 0.6 is 0 Å². The van der Waals surface area contributed by atoms with Gasteiger partial charge in [0.2, 0.25) is 0 Å². The van der Waals surface area contributed by atoms with E-state index < -0.39 is 11.6 Å². The number of Topliss-reactive ketones (excluding diaryl/α,β-unsaturated/α-hetero) is 1. The average molecular weight is 198 g/mol. The highest BCUT2D eigenvalue weighted by molar-refractivity contribution is 6.03. The summed E-state index contributed by atoms with van der Waals surface area (Å²) in [6.45, 7) is 0. The molecule has 2 nitrogen and oxygen atoms in total. The number of ketones is 1. The third-order valence-electron chi connectivity index (χ3n) is 2.37. The molecule has 2 rings (SSSR count). The van der Waals surface area contributed by atoms with Gasteiger partial charge in [-0.2, -0.15) is 0 Å². The molecule has 1 aliphatic rings. The molecule has 0 aromatic heterocycles. The van der Waals surface area contributed by atoms with Crippen LogP contribution in [-0.4, -0.2) is 12.9 Å². The number of fused-ring (bicyclic) bond motifs is 1. The molecule has 0 aliphatic heterocycles. The van der Waals surface area contributed by atoms with Crippen molar-refractivity contribution in [3.05, 3.63) is 28.8 Å². The molecule has 0 spiro atoms. The second-order valence-corrected chi connectivity index (χ2v) is 3.15. The number of ether oxygens (including phenoxy) is 1. The first-order valence-corrected chi connectivity index (χ1v) is 4.23. The van der Waals surface area contributed by atoms with E-state index in [1.54, 1.807) is 0 Å². The van der Waals surface area contributed by atoms with E-state index in [1.807, 2.05) is 0 Å². The SMILES string of the molecule is COc1c(F)cc(F)c2c1C(=O)CC2. The topological polar surface area (TPSA) is 26.3 Å². The molecular weight excluding hydrogens is 190 g/mol. The van der Waals surface area contributed by atoms with Gasteiger partial charge in [0.25, 0.3) is 0 Å². The molecule has 1 aromatic carbocycles. The van der Waals surface area contributed by atoms with Gasteiger partial charge in [-0.15, -0.1) is 0 Å². The predicted molar refractivity (Wildman–Crippen MR) is 45.6 cm³/mol. The van der Waals surface area contributed by atoms with Gasteiger partial charge in [0.15, 0.2) is 17.3 Å². The largest absolute Gasteiger partial charge is 0.493 e. The molecule has 0 fully saturated rings. The van der Waals surface area contributed by atoms with Crippen LogP contribution in [0.2, 0.25) is 0 Å². The van der Waals surface area contributed by atoms with Gasteiger partial charge in [0.05, 0.1) is 12.7 Å². The summed E-state index contributed by atoms with van der Waals surface area (Å²) < 4.78 is 31.1. The maximum absolute atomic E-state index is 13.2. The zero-order chi connectivity index (χ0) is 10.3. The fourth-order valence-electron chi connectivity index (χ4n) is 1.74. The predicted octanol–water partition coefficient (Wildman–Crippen LogP) is 2.10. The Morgan fingerprint density at radius 1 is 1.29 bits per heavy atom. The molecule has 14 heavy (non-hydrogen) atoms. The van der Waals surface area contributed by atoms with Crippen LogP contribution < -0.4 is 4.74 Å². The first-order chi connectivity index (χ1) is 6.65. The first-order valence-electron chi connectivity index (χ1n) is 4.23. The molecule has 0 saturated heterocycles. The summed E-state index contributed by atoms with van der Waals surface area (Å²) in [6, 6.07) is 0.760. The van der Waals surface area contributed by atoms with Gasteiger partial charge in [0, 0.05) is 18.1 Å². The number of hydrogen-bond acceptors (Lipinski definition) is 2. The summed E-state index contributed by atoms with van der Waals surface area (Å²) in [5.74, 6) is -1.87. The van der Waals surface area contributed by atoms with Crippen molar-refractivity contribution >= 4 is 5.78 Å². The van der Waals surface area contributed by atoms with Crippen molar-refractivity contribution in [3.8, 4) is 5.75 Å². The molecule has 0 bridgehead atoms. The molecule has 0 atom stereocenters. The molecule has 0 saturated carbocycles. The van der Waals surface area contributed by atoms with Crippen molar-refractivity contribution in [3.63, 3.8) is 0 Å². The molecule has 4 heteroatoms. The fourth-order valence-corrected chi connectivity index (χ4v) is 1.74. The number of methoxy groups -OCH3 is 1. The fraction of sp³-hybridized carbons (Fsp3) is 0.300. The van der Waals surface area contributed by atoms with Crippen LogP contribution in [0, 0.1) is 11.6 Å². The van der Waals surface area contributed by atoms with Crippen molar-refractivity contribution in [1.29, 1.82) is 0 Å². The molecule has 1 aromatic rings. The maximum Gasteiger partial charge on any atom is 0.168 e. The Labute approximate surface area is 79.5 Å². The minimum atomic E-state index is -0.820. The molecule has 0 N–H and O–H groups in total. The lowest BCUT2D eigenvalue weighted by Gasteiger charge is -2.07. The highest BCUT2D eigenvalue weighted by Crippen LogP contribution is 2.34. The third-order valence-corrected chi connectivity index (χ3v) is 2.37. The summed E-state index contributed by atoms with van der Waals surface area (Å²) in [7, 11) is 1.27. The second-order valence-electron chi connectivity index (χ2n) is 3.15. The minimum Gasteiger partial charge on any atom is -0.493 e.